The van der Waals surface area contributed by atoms with Crippen molar-refractivity contribution >= 4 is 52.0 Å². The van der Waals surface area contributed by atoms with Crippen LogP contribution in [0, 0.1) is 11.7 Å². The van der Waals surface area contributed by atoms with Crippen LogP contribution in [0.1, 0.15) is 57.7 Å². The van der Waals surface area contributed by atoms with Crippen LogP contribution < -0.4 is 0 Å². The number of likely N-dealkylation sites (N-methyl/N-ethyl adjacent to an activating group) is 1. The molecule has 3 aliphatic rings. The van der Waals surface area contributed by atoms with Crippen molar-refractivity contribution in [1.82, 2.24) is 9.80 Å². The minimum Gasteiger partial charge on any atom is -0.479 e. The molecule has 1 saturated carbocycles. The second kappa shape index (κ2) is 9.57. The quantitative estimate of drug-likeness (QED) is 0.391. The summed E-state index contributed by atoms with van der Waals surface area (Å²) in [5.74, 6) is -1.93. The fraction of sp³-hybridized carbons (Fsp3) is 0.393. The second-order valence-corrected chi connectivity index (χ2v) is 12.2. The summed E-state index contributed by atoms with van der Waals surface area (Å²) in [7, 11) is 0. The number of fused-ring (bicyclic) bond motifs is 1. The van der Waals surface area contributed by atoms with E-state index >= 15 is 0 Å². The zero-order valence-electron chi connectivity index (χ0n) is 21.5. The molecule has 0 aromatic heterocycles. The minimum absolute atomic E-state index is 0.0226. The first-order valence-corrected chi connectivity index (χ1v) is 14.1. The van der Waals surface area contributed by atoms with Crippen molar-refractivity contribution in [2.24, 2.45) is 10.9 Å². The molecule has 0 saturated heterocycles. The van der Waals surface area contributed by atoms with Crippen LogP contribution in [0.4, 0.5) is 4.39 Å². The van der Waals surface area contributed by atoms with Crippen LogP contribution in [-0.2, 0) is 15.1 Å². The van der Waals surface area contributed by atoms with Crippen molar-refractivity contribution in [2.75, 3.05) is 6.54 Å². The van der Waals surface area contributed by atoms with Gasteiger partial charge in [0.2, 0.25) is 0 Å². The number of benzene rings is 2. The summed E-state index contributed by atoms with van der Waals surface area (Å²) < 4.78 is 14.8. The monoisotopic (exact) mass is 575 g/mol. The molecular weight excluding hydrogens is 548 g/mol. The number of thioether (sulfide) groups is 1. The maximum Gasteiger partial charge on any atom is 0.329 e. The zero-order valence-corrected chi connectivity index (χ0v) is 23.8. The van der Waals surface area contributed by atoms with Gasteiger partial charge < -0.3 is 14.9 Å². The van der Waals surface area contributed by atoms with Gasteiger partial charge in [-0.05, 0) is 79.8 Å². The highest BCUT2D eigenvalue weighted by atomic mass is 35.5. The lowest BCUT2D eigenvalue weighted by Crippen LogP contribution is -2.47. The Morgan fingerprint density at radius 1 is 1.21 bits per heavy atom. The standard InChI is InChI=1S/C28H28Cl2FN3O3S/c1-5-33(28(12-13-28)25(36)37)24(35)22-21(15(2)3)34-23(16-6-11-19(30)20(31)14-16)27(4,32-26(34)38-22)17-7-9-18(29)10-8-17/h6-11,14-15,23H,5,12-13H2,1-4H3,(H,36,37)/t23-,27+/m1/s1. The lowest BCUT2D eigenvalue weighted by atomic mass is 9.81. The van der Waals surface area contributed by atoms with Gasteiger partial charge in [-0.15, -0.1) is 0 Å². The summed E-state index contributed by atoms with van der Waals surface area (Å²) in [4.78, 5) is 35.1. The Hall–Kier alpha value is -2.55. The number of amides is 1. The molecule has 2 heterocycles. The lowest BCUT2D eigenvalue weighted by molar-refractivity contribution is -0.150. The van der Waals surface area contributed by atoms with E-state index in [1.54, 1.807) is 25.1 Å². The van der Waals surface area contributed by atoms with Crippen molar-refractivity contribution in [1.29, 1.82) is 0 Å². The summed E-state index contributed by atoms with van der Waals surface area (Å²) in [5.41, 5.74) is 0.306. The largest absolute Gasteiger partial charge is 0.479 e. The average Bonchev–Trinajstić information content (AvgIpc) is 3.50. The molecule has 0 radical (unpaired) electrons. The summed E-state index contributed by atoms with van der Waals surface area (Å²) in [5, 5.41) is 11.1. The first kappa shape index (κ1) is 27.0. The number of carboxylic acid groups (broad SMARTS) is 1. The van der Waals surface area contributed by atoms with E-state index in [9.17, 15) is 19.1 Å². The van der Waals surface area contributed by atoms with Crippen molar-refractivity contribution in [3.63, 3.8) is 0 Å². The highest BCUT2D eigenvalue weighted by molar-refractivity contribution is 8.18. The van der Waals surface area contributed by atoms with E-state index in [1.165, 1.54) is 28.8 Å². The first-order valence-electron chi connectivity index (χ1n) is 12.5. The molecular formula is C28H28Cl2FN3O3S. The second-order valence-electron chi connectivity index (χ2n) is 10.4. The number of carboxylic acids is 1. The van der Waals surface area contributed by atoms with E-state index in [4.69, 9.17) is 28.2 Å². The van der Waals surface area contributed by atoms with Crippen LogP contribution >= 0.6 is 35.0 Å². The molecule has 2 atom stereocenters. The number of aliphatic carboxylic acids is 1. The highest BCUT2D eigenvalue weighted by Gasteiger charge is 2.59. The molecule has 200 valence electrons. The SMILES string of the molecule is CCN(C(=O)C1=C(C(C)C)N2C(=N[C@@](C)(c3ccc(Cl)cc3)[C@H]2c2ccc(Cl)c(F)c2)S1)C1(C(=O)O)CC1. The van der Waals surface area contributed by atoms with Gasteiger partial charge in [-0.25, -0.2) is 14.2 Å². The fourth-order valence-corrected chi connectivity index (χ4v) is 7.18. The lowest BCUT2D eigenvalue weighted by Gasteiger charge is -2.37. The molecule has 1 aliphatic carbocycles. The molecule has 1 N–H and O–H groups in total. The maximum absolute atomic E-state index is 14.8. The summed E-state index contributed by atoms with van der Waals surface area (Å²) in [6, 6.07) is 11.7. The minimum atomic E-state index is -1.16. The van der Waals surface area contributed by atoms with Crippen molar-refractivity contribution in [3.8, 4) is 0 Å². The Kier molecular flexibility index (Phi) is 6.81. The fourth-order valence-electron chi connectivity index (χ4n) is 5.58. The Morgan fingerprint density at radius 2 is 1.87 bits per heavy atom. The smallest absolute Gasteiger partial charge is 0.329 e. The Labute approximate surface area is 235 Å². The van der Waals surface area contributed by atoms with Crippen LogP contribution in [0.5, 0.6) is 0 Å². The molecule has 1 fully saturated rings. The average molecular weight is 577 g/mol. The van der Waals surface area contributed by atoms with E-state index < -0.39 is 28.9 Å². The molecule has 2 aromatic carbocycles. The third kappa shape index (κ3) is 4.12. The molecule has 2 aromatic rings. The van der Waals surface area contributed by atoms with Gasteiger partial charge in [-0.2, -0.15) is 0 Å². The summed E-state index contributed by atoms with van der Waals surface area (Å²) in [6.07, 6.45) is 0.867. The molecule has 2 aliphatic heterocycles. The number of hydrogen-bond acceptors (Lipinski definition) is 5. The van der Waals surface area contributed by atoms with Gasteiger partial charge in [0.05, 0.1) is 11.1 Å². The molecule has 6 nitrogen and oxygen atoms in total. The van der Waals surface area contributed by atoms with E-state index in [0.29, 0.717) is 33.5 Å². The van der Waals surface area contributed by atoms with Gasteiger partial charge in [0.25, 0.3) is 5.91 Å². The Bertz CT molecular complexity index is 1390. The third-order valence-electron chi connectivity index (χ3n) is 7.64. The number of nitrogens with zero attached hydrogens (tertiary/aromatic N) is 3. The number of carbonyl (C=O) groups is 2. The van der Waals surface area contributed by atoms with E-state index in [0.717, 1.165) is 11.3 Å². The topological polar surface area (TPSA) is 73.2 Å². The Morgan fingerprint density at radius 3 is 2.39 bits per heavy atom. The van der Waals surface area contributed by atoms with Crippen molar-refractivity contribution in [2.45, 2.75) is 57.7 Å². The number of carbonyl (C=O) groups excluding carboxylic acids is 1. The van der Waals surface area contributed by atoms with Crippen molar-refractivity contribution in [3.05, 3.63) is 80.1 Å². The van der Waals surface area contributed by atoms with E-state index in [2.05, 4.69) is 0 Å². The zero-order chi connectivity index (χ0) is 27.6. The van der Waals surface area contributed by atoms with Crippen LogP contribution in [-0.4, -0.2) is 44.0 Å². The van der Waals surface area contributed by atoms with Crippen LogP contribution in [0.25, 0.3) is 0 Å². The van der Waals surface area contributed by atoms with Gasteiger partial charge in [0.1, 0.15) is 21.8 Å². The third-order valence-corrected chi connectivity index (χ3v) is 9.26. The van der Waals surface area contributed by atoms with Crippen molar-refractivity contribution < 1.29 is 19.1 Å². The number of halogens is 3. The number of hydrogen-bond donors (Lipinski definition) is 1. The number of aliphatic imine (C=N–C) groups is 1. The predicted molar refractivity (Wildman–Crippen MR) is 149 cm³/mol. The highest BCUT2D eigenvalue weighted by Crippen LogP contribution is 2.57. The summed E-state index contributed by atoms with van der Waals surface area (Å²) in [6.45, 7) is 8.04. The van der Waals surface area contributed by atoms with E-state index in [1.807, 2.05) is 37.8 Å². The molecule has 10 heteroatoms. The van der Waals surface area contributed by atoms with Crippen LogP contribution in [0.15, 0.2) is 58.1 Å². The molecule has 0 unspecified atom stereocenters. The summed E-state index contributed by atoms with van der Waals surface area (Å²) >= 11 is 13.5. The predicted octanol–water partition coefficient (Wildman–Crippen LogP) is 6.84. The molecule has 38 heavy (non-hydrogen) atoms. The molecule has 5 rings (SSSR count). The molecule has 0 bridgehead atoms. The number of rotatable bonds is 7. The molecule has 1 amide bonds. The van der Waals surface area contributed by atoms with Gasteiger partial charge in [-0.3, -0.25) is 4.79 Å². The van der Waals surface area contributed by atoms with E-state index in [-0.39, 0.29) is 23.4 Å². The maximum atomic E-state index is 14.8. The van der Waals surface area contributed by atoms with Gasteiger partial charge >= 0.3 is 5.97 Å². The normalized spacial score (nSPS) is 23.5. The number of allylic oxidation sites excluding steroid dienone is 1. The molecule has 0 spiro atoms. The first-order chi connectivity index (χ1) is 17.9. The van der Waals surface area contributed by atoms with Crippen LogP contribution in [0.2, 0.25) is 10.0 Å². The van der Waals surface area contributed by atoms with Gasteiger partial charge in [0, 0.05) is 17.3 Å². The van der Waals surface area contributed by atoms with Gasteiger partial charge in [-0.1, -0.05) is 55.2 Å². The van der Waals surface area contributed by atoms with Gasteiger partial charge in [0.15, 0.2) is 5.17 Å². The van der Waals surface area contributed by atoms with Crippen LogP contribution in [0.3, 0.4) is 0 Å². The Balaban J connectivity index is 1.66. The number of amidine groups is 1.